The van der Waals surface area contributed by atoms with Crippen LogP contribution in [0.15, 0.2) is 29.4 Å². The number of Topliss-reactive ketones (excluding diaryl/α,β-unsaturated/α-hetero) is 1. The van der Waals surface area contributed by atoms with Gasteiger partial charge in [0.15, 0.2) is 5.78 Å². The van der Waals surface area contributed by atoms with Crippen molar-refractivity contribution in [2.45, 2.75) is 6.42 Å². The number of nitrogens with zero attached hydrogens (tertiary/aromatic N) is 3. The Labute approximate surface area is 98.7 Å². The second kappa shape index (κ2) is 5.74. The van der Waals surface area contributed by atoms with Gasteiger partial charge in [0.05, 0.1) is 4.92 Å². The average molecular weight is 235 g/mol. The number of non-ortho nitro benzene ring substituents is 1. The molecule has 0 amide bonds. The van der Waals surface area contributed by atoms with Crippen LogP contribution in [0.25, 0.3) is 0 Å². The van der Waals surface area contributed by atoms with Crippen LogP contribution in [0.2, 0.25) is 0 Å². The number of benzene rings is 1. The van der Waals surface area contributed by atoms with Gasteiger partial charge in [-0.2, -0.15) is 5.10 Å². The number of hydrazone groups is 1. The third kappa shape index (κ3) is 4.02. The average Bonchev–Trinajstić information content (AvgIpc) is 2.28. The molecule has 1 aromatic carbocycles. The van der Waals surface area contributed by atoms with Crippen molar-refractivity contribution in [3.8, 4) is 0 Å². The normalized spacial score (nSPS) is 10.5. The molecule has 0 N–H and O–H groups in total. The molecule has 6 heteroatoms. The molecule has 0 aromatic heterocycles. The van der Waals surface area contributed by atoms with Gasteiger partial charge in [0.25, 0.3) is 5.69 Å². The lowest BCUT2D eigenvalue weighted by atomic mass is 10.1. The highest BCUT2D eigenvalue weighted by molar-refractivity contribution is 6.03. The molecule has 0 bridgehead atoms. The van der Waals surface area contributed by atoms with E-state index in [1.165, 1.54) is 24.4 Å². The summed E-state index contributed by atoms with van der Waals surface area (Å²) in [5.74, 6) is -0.195. The Morgan fingerprint density at radius 1 is 1.53 bits per heavy atom. The molecule has 0 unspecified atom stereocenters. The molecule has 0 spiro atoms. The Kier molecular flexibility index (Phi) is 4.33. The number of carbonyl (C=O) groups excluding carboxylic acids is 1. The molecule has 0 aliphatic carbocycles. The van der Waals surface area contributed by atoms with Crippen molar-refractivity contribution in [3.05, 3.63) is 39.9 Å². The third-order valence-electron chi connectivity index (χ3n) is 1.97. The van der Waals surface area contributed by atoms with Crippen molar-refractivity contribution in [1.82, 2.24) is 5.01 Å². The Bertz CT molecular complexity index is 455. The number of nitro benzene ring substituents is 1. The third-order valence-corrected chi connectivity index (χ3v) is 1.97. The van der Waals surface area contributed by atoms with E-state index in [0.717, 1.165) is 0 Å². The lowest BCUT2D eigenvalue weighted by Crippen LogP contribution is -2.05. The van der Waals surface area contributed by atoms with E-state index < -0.39 is 4.92 Å². The van der Waals surface area contributed by atoms with Crippen LogP contribution in [0.5, 0.6) is 0 Å². The molecule has 0 radical (unpaired) electrons. The van der Waals surface area contributed by atoms with Crippen molar-refractivity contribution < 1.29 is 9.72 Å². The van der Waals surface area contributed by atoms with Crippen LogP contribution in [-0.4, -0.2) is 36.0 Å². The van der Waals surface area contributed by atoms with E-state index in [4.69, 9.17) is 0 Å². The van der Waals surface area contributed by atoms with E-state index in [-0.39, 0.29) is 17.9 Å². The standard InChI is InChI=1S/C11H13N3O3/c1-13(2)12-7-6-11(15)9-4-3-5-10(8-9)14(16)17/h3-5,7-8H,6H2,1-2H3/b12-7+. The second-order valence-corrected chi connectivity index (χ2v) is 3.58. The summed E-state index contributed by atoms with van der Waals surface area (Å²) in [5, 5.41) is 16.0. The zero-order chi connectivity index (χ0) is 12.8. The number of rotatable bonds is 5. The van der Waals surface area contributed by atoms with Gasteiger partial charge >= 0.3 is 0 Å². The molecular weight excluding hydrogens is 222 g/mol. The zero-order valence-corrected chi connectivity index (χ0v) is 9.66. The molecule has 1 aromatic rings. The number of nitro groups is 1. The van der Waals surface area contributed by atoms with Gasteiger partial charge in [0.2, 0.25) is 0 Å². The second-order valence-electron chi connectivity index (χ2n) is 3.58. The lowest BCUT2D eigenvalue weighted by molar-refractivity contribution is -0.384. The van der Waals surface area contributed by atoms with E-state index in [1.54, 1.807) is 25.2 Å². The van der Waals surface area contributed by atoms with Gasteiger partial charge < -0.3 is 5.01 Å². The molecule has 0 heterocycles. The first-order valence-electron chi connectivity index (χ1n) is 4.98. The number of carbonyl (C=O) groups is 1. The maximum atomic E-state index is 11.7. The van der Waals surface area contributed by atoms with Crippen molar-refractivity contribution in [1.29, 1.82) is 0 Å². The fourth-order valence-corrected chi connectivity index (χ4v) is 1.20. The van der Waals surface area contributed by atoms with Crippen molar-refractivity contribution in [3.63, 3.8) is 0 Å². The minimum absolute atomic E-state index is 0.0830. The Hall–Kier alpha value is -2.24. The molecule has 6 nitrogen and oxygen atoms in total. The summed E-state index contributed by atoms with van der Waals surface area (Å²) in [6, 6.07) is 5.67. The summed E-state index contributed by atoms with van der Waals surface area (Å²) in [4.78, 5) is 21.7. The van der Waals surface area contributed by atoms with Crippen LogP contribution in [-0.2, 0) is 0 Å². The lowest BCUT2D eigenvalue weighted by Gasteiger charge is -2.02. The SMILES string of the molecule is CN(C)/N=C/CC(=O)c1cccc([N+](=O)[O-])c1. The molecule has 1 rings (SSSR count). The van der Waals surface area contributed by atoms with Crippen LogP contribution < -0.4 is 0 Å². The highest BCUT2D eigenvalue weighted by atomic mass is 16.6. The highest BCUT2D eigenvalue weighted by Crippen LogP contribution is 2.14. The van der Waals surface area contributed by atoms with Gasteiger partial charge in [-0.25, -0.2) is 0 Å². The predicted octanol–water partition coefficient (Wildman–Crippen LogP) is 1.72. The minimum atomic E-state index is -0.523. The summed E-state index contributed by atoms with van der Waals surface area (Å²) in [5.41, 5.74) is 0.241. The predicted molar refractivity (Wildman–Crippen MR) is 64.2 cm³/mol. The van der Waals surface area contributed by atoms with Gasteiger partial charge in [-0.15, -0.1) is 0 Å². The minimum Gasteiger partial charge on any atom is -0.303 e. The number of hydrogen-bond donors (Lipinski definition) is 0. The maximum absolute atomic E-state index is 11.7. The van der Waals surface area contributed by atoms with Crippen LogP contribution in [0, 0.1) is 10.1 Å². The first-order chi connectivity index (χ1) is 8.00. The molecule has 90 valence electrons. The Morgan fingerprint density at radius 3 is 2.82 bits per heavy atom. The molecule has 0 aliphatic heterocycles. The largest absolute Gasteiger partial charge is 0.303 e. The summed E-state index contributed by atoms with van der Waals surface area (Å²) in [6.07, 6.45) is 1.60. The van der Waals surface area contributed by atoms with Gasteiger partial charge in [-0.1, -0.05) is 12.1 Å². The Morgan fingerprint density at radius 2 is 2.24 bits per heavy atom. The summed E-state index contributed by atoms with van der Waals surface area (Å²) in [7, 11) is 3.49. The van der Waals surface area contributed by atoms with E-state index in [1.807, 2.05) is 0 Å². The fourth-order valence-electron chi connectivity index (χ4n) is 1.20. The highest BCUT2D eigenvalue weighted by Gasteiger charge is 2.10. The van der Waals surface area contributed by atoms with Crippen LogP contribution >= 0.6 is 0 Å². The van der Waals surface area contributed by atoms with Crippen molar-refractivity contribution in [2.24, 2.45) is 5.10 Å². The zero-order valence-electron chi connectivity index (χ0n) is 9.66. The first kappa shape index (κ1) is 12.8. The molecular formula is C11H13N3O3. The topological polar surface area (TPSA) is 75.8 Å². The molecule has 17 heavy (non-hydrogen) atoms. The molecule has 0 saturated carbocycles. The van der Waals surface area contributed by atoms with E-state index in [2.05, 4.69) is 5.10 Å². The fraction of sp³-hybridized carbons (Fsp3) is 0.273. The number of ketones is 1. The maximum Gasteiger partial charge on any atom is 0.270 e. The number of hydrogen-bond acceptors (Lipinski definition) is 5. The van der Waals surface area contributed by atoms with E-state index >= 15 is 0 Å². The summed E-state index contributed by atoms with van der Waals surface area (Å²) < 4.78 is 0. The monoisotopic (exact) mass is 235 g/mol. The Balaban J connectivity index is 2.75. The smallest absolute Gasteiger partial charge is 0.270 e. The van der Waals surface area contributed by atoms with Gasteiger partial charge in [0, 0.05) is 44.4 Å². The molecule has 0 atom stereocenters. The summed E-state index contributed by atoms with van der Waals surface area (Å²) >= 11 is 0. The molecule has 0 fully saturated rings. The summed E-state index contributed by atoms with van der Waals surface area (Å²) in [6.45, 7) is 0. The van der Waals surface area contributed by atoms with Crippen molar-refractivity contribution >= 4 is 17.7 Å². The van der Waals surface area contributed by atoms with Gasteiger partial charge in [0.1, 0.15) is 0 Å². The van der Waals surface area contributed by atoms with Crippen LogP contribution in [0.1, 0.15) is 16.8 Å². The molecule has 0 aliphatic rings. The van der Waals surface area contributed by atoms with Crippen LogP contribution in [0.3, 0.4) is 0 Å². The first-order valence-corrected chi connectivity index (χ1v) is 4.98. The van der Waals surface area contributed by atoms with Gasteiger partial charge in [-0.05, 0) is 0 Å². The molecule has 0 saturated heterocycles. The van der Waals surface area contributed by atoms with E-state index in [9.17, 15) is 14.9 Å². The van der Waals surface area contributed by atoms with Crippen molar-refractivity contribution in [2.75, 3.05) is 14.1 Å². The van der Waals surface area contributed by atoms with Gasteiger partial charge in [-0.3, -0.25) is 14.9 Å². The van der Waals surface area contributed by atoms with Crippen LogP contribution in [0.4, 0.5) is 5.69 Å². The quantitative estimate of drug-likeness (QED) is 0.337. The van der Waals surface area contributed by atoms with E-state index in [0.29, 0.717) is 5.56 Å².